The number of halogens is 3. The summed E-state index contributed by atoms with van der Waals surface area (Å²) in [5, 5.41) is 6.23. The predicted octanol–water partition coefficient (Wildman–Crippen LogP) is 8.87. The SMILES string of the molecule is CC1=[C]([Ti])CC([Si](c2cccc(C(C)C)c2)(c2cccc(C(C)C)c2)c2cccc(C(C)C)c2)=C1C.Cl.Cl.Cl. The molecule has 0 amide bonds. The van der Waals surface area contributed by atoms with Crippen molar-refractivity contribution in [1.82, 2.24) is 0 Å². The van der Waals surface area contributed by atoms with Crippen LogP contribution in [0.15, 0.2) is 93.0 Å². The van der Waals surface area contributed by atoms with E-state index in [0.717, 1.165) is 6.42 Å². The van der Waals surface area contributed by atoms with Crippen LogP contribution < -0.4 is 15.6 Å². The average molecular weight is 635 g/mol. The van der Waals surface area contributed by atoms with Crippen molar-refractivity contribution in [2.45, 2.75) is 79.6 Å². The smallest absolute Gasteiger partial charge is 0.147 e. The Morgan fingerprint density at radius 3 is 1.15 bits per heavy atom. The van der Waals surface area contributed by atoms with Crippen molar-refractivity contribution in [3.8, 4) is 0 Å². The van der Waals surface area contributed by atoms with Gasteiger partial charge in [-0.3, -0.25) is 0 Å². The number of hydrogen-bond acceptors (Lipinski definition) is 0. The van der Waals surface area contributed by atoms with Crippen molar-refractivity contribution in [2.24, 2.45) is 0 Å². The van der Waals surface area contributed by atoms with E-state index in [9.17, 15) is 0 Å². The van der Waals surface area contributed by atoms with Crippen LogP contribution in [-0.2, 0) is 20.4 Å². The maximum atomic E-state index is 2.55. The van der Waals surface area contributed by atoms with Crippen LogP contribution in [0, 0.1) is 0 Å². The Bertz CT molecular complexity index is 1210. The van der Waals surface area contributed by atoms with Gasteiger partial charge in [-0.2, -0.15) is 0 Å². The molecule has 0 aromatic heterocycles. The molecule has 0 radical (unpaired) electrons. The van der Waals surface area contributed by atoms with Gasteiger partial charge in [-0.1, -0.05) is 0 Å². The van der Waals surface area contributed by atoms with Crippen LogP contribution in [0.2, 0.25) is 0 Å². The van der Waals surface area contributed by atoms with Gasteiger partial charge in [0.25, 0.3) is 0 Å². The third kappa shape index (κ3) is 6.88. The average Bonchev–Trinajstić information content (AvgIpc) is 3.12. The molecule has 1 aliphatic rings. The Labute approximate surface area is 268 Å². The zero-order valence-corrected chi connectivity index (χ0v) is 29.6. The summed E-state index contributed by atoms with van der Waals surface area (Å²) < 4.78 is 1.53. The molecule has 209 valence electrons. The Morgan fingerprint density at radius 1 is 0.564 bits per heavy atom. The minimum atomic E-state index is -2.53. The van der Waals surface area contributed by atoms with Crippen molar-refractivity contribution in [3.05, 3.63) is 110 Å². The quantitative estimate of drug-likeness (QED) is 0.180. The van der Waals surface area contributed by atoms with E-state index in [0.29, 0.717) is 17.8 Å². The Balaban J connectivity index is 0.00000253. The Kier molecular flexibility index (Phi) is 13.6. The molecule has 0 saturated carbocycles. The monoisotopic (exact) mass is 633 g/mol. The van der Waals surface area contributed by atoms with Gasteiger partial charge in [0.05, 0.1) is 0 Å². The first-order valence-corrected chi connectivity index (χ1v) is 16.3. The summed E-state index contributed by atoms with van der Waals surface area (Å²) in [5.41, 5.74) is 7.30. The summed E-state index contributed by atoms with van der Waals surface area (Å²) >= 11 is 2.34. The van der Waals surface area contributed by atoms with E-state index >= 15 is 0 Å². The minimum absolute atomic E-state index is 0. The first-order chi connectivity index (χ1) is 17.1. The first-order valence-electron chi connectivity index (χ1n) is 13.5. The van der Waals surface area contributed by atoms with Gasteiger partial charge in [0, 0.05) is 0 Å². The van der Waals surface area contributed by atoms with Gasteiger partial charge >= 0.3 is 233 Å². The minimum Gasteiger partial charge on any atom is -0.147 e. The van der Waals surface area contributed by atoms with Crippen LogP contribution in [0.3, 0.4) is 0 Å². The van der Waals surface area contributed by atoms with Crippen LogP contribution in [0.1, 0.15) is 96.3 Å². The van der Waals surface area contributed by atoms with Gasteiger partial charge < -0.3 is 0 Å². The fourth-order valence-electron chi connectivity index (χ4n) is 5.72. The second-order valence-corrected chi connectivity index (χ2v) is 16.3. The van der Waals surface area contributed by atoms with Gasteiger partial charge in [0.2, 0.25) is 0 Å². The number of rotatable bonds is 7. The first kappa shape index (κ1) is 36.0. The van der Waals surface area contributed by atoms with Gasteiger partial charge in [-0.15, -0.1) is 37.2 Å². The van der Waals surface area contributed by atoms with Crippen molar-refractivity contribution >= 4 is 60.9 Å². The summed E-state index contributed by atoms with van der Waals surface area (Å²) in [6, 6.07) is 28.8. The molecular weight excluding hydrogens is 591 g/mol. The predicted molar refractivity (Wildman–Crippen MR) is 178 cm³/mol. The van der Waals surface area contributed by atoms with E-state index in [-0.39, 0.29) is 37.2 Å². The summed E-state index contributed by atoms with van der Waals surface area (Å²) in [7, 11) is -2.53. The summed E-state index contributed by atoms with van der Waals surface area (Å²) in [6.45, 7) is 18.6. The second-order valence-electron chi connectivity index (χ2n) is 11.5. The molecule has 0 saturated heterocycles. The van der Waals surface area contributed by atoms with E-state index < -0.39 is 8.07 Å². The summed E-state index contributed by atoms with van der Waals surface area (Å²) in [5.74, 6) is 1.50. The molecule has 0 unspecified atom stereocenters. The third-order valence-electron chi connectivity index (χ3n) is 8.23. The molecule has 0 bridgehead atoms. The maximum Gasteiger partial charge on any atom is -0.147 e. The van der Waals surface area contributed by atoms with Gasteiger partial charge in [0.15, 0.2) is 0 Å². The molecule has 0 N–H and O–H groups in total. The summed E-state index contributed by atoms with van der Waals surface area (Å²) in [4.78, 5) is 0. The molecule has 0 spiro atoms. The zero-order valence-electron chi connectivity index (χ0n) is 24.6. The topological polar surface area (TPSA) is 0 Å². The Hall–Kier alpha value is -1.06. The molecule has 1 aliphatic carbocycles. The van der Waals surface area contributed by atoms with Crippen molar-refractivity contribution in [2.75, 3.05) is 0 Å². The standard InChI is InChI=1S/C34H41Si.3ClH.Ti/c1-23(2)28-12-9-15-31(20-28)35(34-19-18-26(7)27(34)8,32-16-10-13-29(21-32)24(3)4)33-17-11-14-30(22-33)25(5)6;;;;/h9-17,20-25H,19H2,1-8H3;3*1H;. The molecule has 0 nitrogen and oxygen atoms in total. The van der Waals surface area contributed by atoms with E-state index in [1.165, 1.54) is 47.3 Å². The van der Waals surface area contributed by atoms with Crippen LogP contribution in [0.25, 0.3) is 0 Å². The third-order valence-corrected chi connectivity index (χ3v) is 14.1. The van der Waals surface area contributed by atoms with Crippen molar-refractivity contribution in [3.63, 3.8) is 0 Å². The zero-order chi connectivity index (χ0) is 26.2. The number of allylic oxidation sites excluding steroid dienone is 4. The molecule has 0 aliphatic heterocycles. The van der Waals surface area contributed by atoms with Gasteiger partial charge in [0.1, 0.15) is 0 Å². The second kappa shape index (κ2) is 14.7. The van der Waals surface area contributed by atoms with Crippen LogP contribution >= 0.6 is 37.2 Å². The normalized spacial score (nSPS) is 13.5. The van der Waals surface area contributed by atoms with Crippen LogP contribution in [0.5, 0.6) is 0 Å². The van der Waals surface area contributed by atoms with Gasteiger partial charge in [-0.05, 0) is 0 Å². The Morgan fingerprint density at radius 2 is 0.897 bits per heavy atom. The molecule has 39 heavy (non-hydrogen) atoms. The van der Waals surface area contributed by atoms with Crippen molar-refractivity contribution in [1.29, 1.82) is 0 Å². The largest absolute Gasteiger partial charge is 0.147 e. The van der Waals surface area contributed by atoms with E-state index in [2.05, 4.69) is 149 Å². The molecule has 5 heteroatoms. The molecule has 3 aromatic rings. The van der Waals surface area contributed by atoms with E-state index in [4.69, 9.17) is 0 Å². The molecule has 0 atom stereocenters. The molecular formula is C34H44Cl3SiTi. The van der Waals surface area contributed by atoms with E-state index in [1.54, 1.807) is 5.20 Å². The fraction of sp³-hybridized carbons (Fsp3) is 0.353. The molecule has 3 aromatic carbocycles. The van der Waals surface area contributed by atoms with Crippen molar-refractivity contribution < 1.29 is 20.4 Å². The van der Waals surface area contributed by atoms with E-state index in [1.807, 2.05) is 0 Å². The van der Waals surface area contributed by atoms with Crippen LogP contribution in [0.4, 0.5) is 0 Å². The van der Waals surface area contributed by atoms with Gasteiger partial charge in [-0.25, -0.2) is 0 Å². The number of hydrogen-bond donors (Lipinski definition) is 0. The fourth-order valence-corrected chi connectivity index (χ4v) is 12.0. The summed E-state index contributed by atoms with van der Waals surface area (Å²) in [6.07, 6.45) is 1.08. The molecule has 0 heterocycles. The molecule has 0 fully saturated rings. The molecule has 4 rings (SSSR count). The van der Waals surface area contributed by atoms with Crippen LogP contribution in [-0.4, -0.2) is 8.07 Å². The number of benzene rings is 3. The maximum absolute atomic E-state index is 2.55.